The van der Waals surface area contributed by atoms with Crippen LogP contribution in [0.4, 0.5) is 0 Å². The van der Waals surface area contributed by atoms with E-state index in [-0.39, 0.29) is 0 Å². The van der Waals surface area contributed by atoms with Crippen LogP contribution in [0.1, 0.15) is 49.1 Å². The van der Waals surface area contributed by atoms with E-state index in [9.17, 15) is 0 Å². The molecular formula is C30H37N3O. The molecule has 1 aliphatic carbocycles. The van der Waals surface area contributed by atoms with Gasteiger partial charge in [0.2, 0.25) is 11.8 Å². The summed E-state index contributed by atoms with van der Waals surface area (Å²) in [5, 5.41) is 8.33. The van der Waals surface area contributed by atoms with Crippen molar-refractivity contribution < 1.29 is 4.42 Å². The Hall–Kier alpha value is -3.24. The maximum Gasteiger partial charge on any atom is 0.247 e. The van der Waals surface area contributed by atoms with Crippen molar-refractivity contribution >= 4 is 0 Å². The lowest BCUT2D eigenvalue weighted by molar-refractivity contribution is 0.505. The lowest BCUT2D eigenvalue weighted by Gasteiger charge is -2.03. The van der Waals surface area contributed by atoms with Crippen LogP contribution in [-0.2, 0) is 6.42 Å². The smallest absolute Gasteiger partial charge is 0.247 e. The molecule has 1 heterocycles. The van der Waals surface area contributed by atoms with Crippen LogP contribution in [0.25, 0.3) is 22.6 Å². The van der Waals surface area contributed by atoms with Gasteiger partial charge in [-0.3, -0.25) is 0 Å². The lowest BCUT2D eigenvalue weighted by atomic mass is 10.0. The molecule has 4 nitrogen and oxygen atoms in total. The van der Waals surface area contributed by atoms with Crippen LogP contribution in [-0.4, -0.2) is 36.2 Å². The Morgan fingerprint density at radius 3 is 1.71 bits per heavy atom. The van der Waals surface area contributed by atoms with Crippen LogP contribution in [0.3, 0.4) is 0 Å². The minimum Gasteiger partial charge on any atom is -0.420 e. The van der Waals surface area contributed by atoms with Gasteiger partial charge in [0.25, 0.3) is 0 Å². The number of hydrogen-bond donors (Lipinski definition) is 0. The van der Waals surface area contributed by atoms with Gasteiger partial charge in [0, 0.05) is 5.56 Å². The van der Waals surface area contributed by atoms with Crippen LogP contribution in [0.15, 0.2) is 83.3 Å². The average Bonchev–Trinajstić information content (AvgIpc) is 3.56. The molecule has 0 bridgehead atoms. The first-order valence-corrected chi connectivity index (χ1v) is 12.2. The topological polar surface area (TPSA) is 42.2 Å². The van der Waals surface area contributed by atoms with Crippen molar-refractivity contribution in [1.82, 2.24) is 15.1 Å². The molecule has 0 unspecified atom stereocenters. The zero-order chi connectivity index (χ0) is 24.2. The largest absolute Gasteiger partial charge is 0.420 e. The van der Waals surface area contributed by atoms with E-state index < -0.39 is 0 Å². The molecule has 1 fully saturated rings. The van der Waals surface area contributed by atoms with Gasteiger partial charge in [-0.1, -0.05) is 104 Å². The Bertz CT molecular complexity index is 1070. The van der Waals surface area contributed by atoms with E-state index in [1.807, 2.05) is 68.5 Å². The molecule has 178 valence electrons. The molecule has 0 atom stereocenters. The summed E-state index contributed by atoms with van der Waals surface area (Å²) in [5.41, 5.74) is 5.73. The van der Waals surface area contributed by atoms with E-state index in [2.05, 4.69) is 53.5 Å². The number of rotatable bonds is 4. The van der Waals surface area contributed by atoms with E-state index in [0.29, 0.717) is 18.2 Å². The summed E-state index contributed by atoms with van der Waals surface area (Å²) >= 11 is 0. The second-order valence-electron chi connectivity index (χ2n) is 9.22. The molecule has 1 saturated carbocycles. The molecular weight excluding hydrogens is 418 g/mol. The Kier molecular flexibility index (Phi) is 10.1. The normalized spacial score (nSPS) is 12.5. The Balaban J connectivity index is 0.000000305. The molecule has 1 aliphatic rings. The minimum atomic E-state index is 0.566. The van der Waals surface area contributed by atoms with Crippen molar-refractivity contribution in [1.29, 1.82) is 0 Å². The summed E-state index contributed by atoms with van der Waals surface area (Å²) in [4.78, 5) is 2.00. The molecule has 0 N–H and O–H groups in total. The van der Waals surface area contributed by atoms with Gasteiger partial charge in [0.1, 0.15) is 0 Å². The van der Waals surface area contributed by atoms with Gasteiger partial charge < -0.3 is 9.32 Å². The van der Waals surface area contributed by atoms with Crippen LogP contribution < -0.4 is 0 Å². The number of hydrogen-bond acceptors (Lipinski definition) is 4. The maximum atomic E-state index is 5.81. The molecule has 4 aromatic rings. The van der Waals surface area contributed by atoms with Crippen molar-refractivity contribution in [2.75, 3.05) is 21.1 Å². The van der Waals surface area contributed by atoms with Gasteiger partial charge >= 0.3 is 0 Å². The SMILES string of the molecule is C1CCCC1.CN(C)C.Cc1ccc(-c2nnc(Cc3ccc(-c4ccccc4)cc3)o2)cc1. The second-order valence-corrected chi connectivity index (χ2v) is 9.22. The van der Waals surface area contributed by atoms with Gasteiger partial charge in [-0.25, -0.2) is 0 Å². The minimum absolute atomic E-state index is 0.566. The summed E-state index contributed by atoms with van der Waals surface area (Å²) in [6.45, 7) is 2.06. The lowest BCUT2D eigenvalue weighted by Crippen LogP contribution is -1.99. The number of nitrogens with zero attached hydrogens (tertiary/aromatic N) is 3. The van der Waals surface area contributed by atoms with Crippen LogP contribution in [0.2, 0.25) is 0 Å². The zero-order valence-electron chi connectivity index (χ0n) is 21.0. The fraction of sp³-hybridized carbons (Fsp3) is 0.333. The summed E-state index contributed by atoms with van der Waals surface area (Å²) in [7, 11) is 6.00. The molecule has 0 amide bonds. The fourth-order valence-corrected chi connectivity index (χ4v) is 3.64. The first-order chi connectivity index (χ1) is 16.5. The van der Waals surface area contributed by atoms with Crippen molar-refractivity contribution in [2.24, 2.45) is 0 Å². The monoisotopic (exact) mass is 455 g/mol. The average molecular weight is 456 g/mol. The fourth-order valence-electron chi connectivity index (χ4n) is 3.64. The first-order valence-electron chi connectivity index (χ1n) is 12.2. The molecule has 0 saturated heterocycles. The molecule has 1 aromatic heterocycles. The zero-order valence-corrected chi connectivity index (χ0v) is 21.0. The standard InChI is InChI=1S/C22H18N2O.C5H10.C3H9N/c1-16-7-11-20(12-8-16)22-24-23-21(25-22)15-17-9-13-19(14-10-17)18-5-3-2-4-6-18;1-2-4-5-3-1;1-4(2)3/h2-14H,15H2,1H3;1-5H2;1-3H3. The van der Waals surface area contributed by atoms with Gasteiger partial charge in [0.15, 0.2) is 0 Å². The predicted octanol–water partition coefficient (Wildman–Crippen LogP) is 7.43. The van der Waals surface area contributed by atoms with E-state index >= 15 is 0 Å². The number of aryl methyl sites for hydroxylation is 1. The molecule has 34 heavy (non-hydrogen) atoms. The molecule has 3 aromatic carbocycles. The van der Waals surface area contributed by atoms with Crippen molar-refractivity contribution in [3.8, 4) is 22.6 Å². The third-order valence-electron chi connectivity index (χ3n) is 5.43. The van der Waals surface area contributed by atoms with Crippen LogP contribution in [0, 0.1) is 6.92 Å². The summed E-state index contributed by atoms with van der Waals surface area (Å²) < 4.78 is 5.81. The summed E-state index contributed by atoms with van der Waals surface area (Å²) in [6, 6.07) is 26.9. The molecule has 4 heteroatoms. The van der Waals surface area contributed by atoms with E-state index in [1.54, 1.807) is 0 Å². The van der Waals surface area contributed by atoms with E-state index in [4.69, 9.17) is 4.42 Å². The molecule has 5 rings (SSSR count). The van der Waals surface area contributed by atoms with Crippen molar-refractivity contribution in [3.05, 3.63) is 95.9 Å². The molecule has 0 aliphatic heterocycles. The van der Waals surface area contributed by atoms with Gasteiger partial charge in [-0.05, 0) is 56.9 Å². The first kappa shape index (κ1) is 25.4. The third-order valence-corrected chi connectivity index (χ3v) is 5.43. The van der Waals surface area contributed by atoms with Crippen molar-refractivity contribution in [2.45, 2.75) is 45.4 Å². The van der Waals surface area contributed by atoms with E-state index in [1.165, 1.54) is 48.8 Å². The Morgan fingerprint density at radius 1 is 0.647 bits per heavy atom. The summed E-state index contributed by atoms with van der Waals surface area (Å²) in [6.07, 6.45) is 8.13. The highest BCUT2D eigenvalue weighted by atomic mass is 16.4. The van der Waals surface area contributed by atoms with Crippen LogP contribution in [0.5, 0.6) is 0 Å². The Labute approximate surface area is 204 Å². The quantitative estimate of drug-likeness (QED) is 0.321. The van der Waals surface area contributed by atoms with Gasteiger partial charge in [-0.2, -0.15) is 0 Å². The number of benzene rings is 3. The third kappa shape index (κ3) is 8.60. The van der Waals surface area contributed by atoms with E-state index in [0.717, 1.165) is 11.1 Å². The Morgan fingerprint density at radius 2 is 1.15 bits per heavy atom. The number of aromatic nitrogens is 2. The van der Waals surface area contributed by atoms with Gasteiger partial charge in [0.05, 0.1) is 6.42 Å². The highest BCUT2D eigenvalue weighted by Gasteiger charge is 2.09. The highest BCUT2D eigenvalue weighted by molar-refractivity contribution is 5.63. The maximum absolute atomic E-state index is 5.81. The molecule has 0 spiro atoms. The highest BCUT2D eigenvalue weighted by Crippen LogP contribution is 2.22. The second kappa shape index (κ2) is 13.5. The van der Waals surface area contributed by atoms with Crippen LogP contribution >= 0.6 is 0 Å². The summed E-state index contributed by atoms with van der Waals surface area (Å²) in [5.74, 6) is 1.19. The molecule has 0 radical (unpaired) electrons. The van der Waals surface area contributed by atoms with Gasteiger partial charge in [-0.15, -0.1) is 10.2 Å². The van der Waals surface area contributed by atoms with Crippen molar-refractivity contribution in [3.63, 3.8) is 0 Å². The predicted molar refractivity (Wildman–Crippen MR) is 142 cm³/mol.